The van der Waals surface area contributed by atoms with Crippen LogP contribution in [0.5, 0.6) is 0 Å². The van der Waals surface area contributed by atoms with Gasteiger partial charge in [0.15, 0.2) is 0 Å². The summed E-state index contributed by atoms with van der Waals surface area (Å²) in [5.41, 5.74) is 0. The van der Waals surface area contributed by atoms with Crippen LogP contribution in [0.3, 0.4) is 0 Å². The first kappa shape index (κ1) is 10.6. The first-order valence-electron chi connectivity index (χ1n) is 2.02. The number of nitrogens with zero attached hydrogens (tertiary/aromatic N) is 1. The largest absolute Gasteiger partial charge is 0.359 e. The quantitative estimate of drug-likeness (QED) is 0.343. The maximum absolute atomic E-state index is 9.70. The van der Waals surface area contributed by atoms with Crippen LogP contribution in [0.15, 0.2) is 0 Å². The van der Waals surface area contributed by atoms with Crippen LogP contribution < -0.4 is 5.32 Å². The van der Waals surface area contributed by atoms with E-state index < -0.39 is 5.09 Å². The summed E-state index contributed by atoms with van der Waals surface area (Å²) in [6, 6.07) is 0. The van der Waals surface area contributed by atoms with Gasteiger partial charge in [-0.15, -0.1) is 10.1 Å². The van der Waals surface area contributed by atoms with E-state index in [4.69, 9.17) is 15.3 Å². The van der Waals surface area contributed by atoms with Crippen LogP contribution in [-0.4, -0.2) is 23.2 Å². The molecule has 0 heterocycles. The Bertz CT molecular complexity index is 98.0. The Labute approximate surface area is 51.6 Å². The van der Waals surface area contributed by atoms with Crippen LogP contribution in [0.2, 0.25) is 0 Å². The average Bonchev–Trinajstić information content (AvgIpc) is 1.65. The molecule has 6 heteroatoms. The van der Waals surface area contributed by atoms with Crippen molar-refractivity contribution in [3.05, 3.63) is 10.1 Å². The molecule has 0 saturated carbocycles. The summed E-state index contributed by atoms with van der Waals surface area (Å²) in [7, 11) is 1.60. The molecule has 0 bridgehead atoms. The molecule has 0 atom stereocenters. The number of hydrogen-bond donors (Lipinski definition) is 2. The molecule has 9 heavy (non-hydrogen) atoms. The first-order chi connectivity index (χ1) is 4.00. The monoisotopic (exact) mass is 136 g/mol. The minimum atomic E-state index is -1.50. The lowest BCUT2D eigenvalue weighted by atomic mass is 10.7. The molecular formula is C3H8N2O4. The van der Waals surface area contributed by atoms with E-state index in [0.29, 0.717) is 0 Å². The van der Waals surface area contributed by atoms with Crippen LogP contribution in [0.4, 0.5) is 0 Å². The van der Waals surface area contributed by atoms with Gasteiger partial charge >= 0.3 is 0 Å². The highest BCUT2D eigenvalue weighted by atomic mass is 16.9. The average molecular weight is 136 g/mol. The molecule has 0 radical (unpaired) electrons. The Morgan fingerprint density at radius 3 is 1.89 bits per heavy atom. The lowest BCUT2D eigenvalue weighted by Gasteiger charge is -1.80. The van der Waals surface area contributed by atoms with Crippen LogP contribution in [0, 0.1) is 10.1 Å². The van der Waals surface area contributed by atoms with Crippen molar-refractivity contribution < 1.29 is 15.1 Å². The Morgan fingerprint density at radius 2 is 1.89 bits per heavy atom. The van der Waals surface area contributed by atoms with E-state index in [1.54, 1.807) is 7.05 Å². The van der Waals surface area contributed by atoms with E-state index in [1.165, 1.54) is 6.92 Å². The fourth-order valence-electron chi connectivity index (χ4n) is 0. The maximum atomic E-state index is 9.70. The summed E-state index contributed by atoms with van der Waals surface area (Å²) in [5.74, 6) is 0.00463. The third-order valence-electron chi connectivity index (χ3n) is 0.352. The molecule has 6 nitrogen and oxygen atoms in total. The van der Waals surface area contributed by atoms with Crippen LogP contribution in [0.1, 0.15) is 6.92 Å². The number of hydrogen-bond acceptors (Lipinski definition) is 3. The Hall–Kier alpha value is -1.33. The second kappa shape index (κ2) is 6.67. The van der Waals surface area contributed by atoms with Crippen LogP contribution in [-0.2, 0) is 4.79 Å². The fourth-order valence-corrected chi connectivity index (χ4v) is 0. The van der Waals surface area contributed by atoms with Gasteiger partial charge in [-0.2, -0.15) is 0 Å². The summed E-state index contributed by atoms with van der Waals surface area (Å²) in [6.45, 7) is 1.47. The molecule has 0 aromatic carbocycles. The molecule has 0 aliphatic carbocycles. The van der Waals surface area contributed by atoms with Gasteiger partial charge in [0.25, 0.3) is 5.09 Å². The molecule has 0 spiro atoms. The number of carbonyl (C=O) groups is 1. The second-order valence-electron chi connectivity index (χ2n) is 1.04. The minimum absolute atomic E-state index is 0.00463. The van der Waals surface area contributed by atoms with Gasteiger partial charge in [-0.05, 0) is 0 Å². The van der Waals surface area contributed by atoms with Crippen LogP contribution >= 0.6 is 0 Å². The van der Waals surface area contributed by atoms with Gasteiger partial charge in [-0.3, -0.25) is 4.79 Å². The summed E-state index contributed by atoms with van der Waals surface area (Å²) in [6.07, 6.45) is 0. The number of rotatable bonds is 0. The molecule has 0 aromatic heterocycles. The lowest BCUT2D eigenvalue weighted by molar-refractivity contribution is -0.742. The SMILES string of the molecule is CNC(C)=O.O=[N+]([O-])O. The molecule has 0 saturated heterocycles. The van der Waals surface area contributed by atoms with Crippen molar-refractivity contribution in [2.24, 2.45) is 0 Å². The van der Waals surface area contributed by atoms with E-state index in [0.717, 1.165) is 0 Å². The van der Waals surface area contributed by atoms with E-state index in [-0.39, 0.29) is 5.91 Å². The summed E-state index contributed by atoms with van der Waals surface area (Å²) in [5, 5.41) is 16.0. The van der Waals surface area contributed by atoms with Gasteiger partial charge < -0.3 is 10.5 Å². The Morgan fingerprint density at radius 1 is 1.78 bits per heavy atom. The molecule has 0 rings (SSSR count). The topological polar surface area (TPSA) is 92.5 Å². The normalized spacial score (nSPS) is 6.44. The van der Waals surface area contributed by atoms with Gasteiger partial charge in [0.1, 0.15) is 0 Å². The number of carbonyl (C=O) groups excluding carboxylic acids is 1. The predicted octanol–water partition coefficient (Wildman–Crippen LogP) is -0.595. The van der Waals surface area contributed by atoms with Gasteiger partial charge in [-0.25, -0.2) is 0 Å². The molecule has 54 valence electrons. The number of amides is 1. The standard InChI is InChI=1S/C3H7NO.HNO3/c1-3(5)4-2;2-1(3)4/h1-2H3,(H,4,5);(H,2,3,4). The van der Waals surface area contributed by atoms with Crippen molar-refractivity contribution >= 4 is 5.91 Å². The zero-order valence-electron chi connectivity index (χ0n) is 5.12. The van der Waals surface area contributed by atoms with Crippen molar-refractivity contribution in [2.45, 2.75) is 6.92 Å². The van der Waals surface area contributed by atoms with Gasteiger partial charge in [-0.1, -0.05) is 0 Å². The lowest BCUT2D eigenvalue weighted by Crippen LogP contribution is -2.11. The molecule has 0 unspecified atom stereocenters. The zero-order valence-corrected chi connectivity index (χ0v) is 5.12. The molecule has 0 aliphatic heterocycles. The highest BCUT2D eigenvalue weighted by Gasteiger charge is 1.72. The van der Waals surface area contributed by atoms with Gasteiger partial charge in [0.2, 0.25) is 5.91 Å². The fraction of sp³-hybridized carbons (Fsp3) is 0.667. The first-order valence-corrected chi connectivity index (χ1v) is 2.02. The highest BCUT2D eigenvalue weighted by Crippen LogP contribution is 1.45. The second-order valence-corrected chi connectivity index (χ2v) is 1.04. The summed E-state index contributed by atoms with van der Waals surface area (Å²) >= 11 is 0. The highest BCUT2D eigenvalue weighted by molar-refractivity contribution is 5.72. The smallest absolute Gasteiger partial charge is 0.291 e. The Kier molecular flexibility index (Phi) is 7.87. The molecule has 0 aliphatic rings. The Balaban J connectivity index is 0. The van der Waals surface area contributed by atoms with Gasteiger partial charge in [0, 0.05) is 14.0 Å². The zero-order chi connectivity index (χ0) is 7.86. The third kappa shape index (κ3) is 324. The molecule has 1 amide bonds. The van der Waals surface area contributed by atoms with Crippen molar-refractivity contribution in [2.75, 3.05) is 7.05 Å². The predicted molar refractivity (Wildman–Crippen MR) is 28.5 cm³/mol. The minimum Gasteiger partial charge on any atom is -0.359 e. The summed E-state index contributed by atoms with van der Waals surface area (Å²) in [4.78, 5) is 18.1. The molecule has 0 aromatic rings. The van der Waals surface area contributed by atoms with Crippen molar-refractivity contribution in [3.8, 4) is 0 Å². The molecule has 0 fully saturated rings. The van der Waals surface area contributed by atoms with Crippen molar-refractivity contribution in [3.63, 3.8) is 0 Å². The van der Waals surface area contributed by atoms with Gasteiger partial charge in [0.05, 0.1) is 0 Å². The third-order valence-corrected chi connectivity index (χ3v) is 0.352. The van der Waals surface area contributed by atoms with E-state index >= 15 is 0 Å². The molecule has 2 N–H and O–H groups in total. The molecular weight excluding hydrogens is 128 g/mol. The van der Waals surface area contributed by atoms with Crippen molar-refractivity contribution in [1.29, 1.82) is 0 Å². The summed E-state index contributed by atoms with van der Waals surface area (Å²) < 4.78 is 0. The van der Waals surface area contributed by atoms with E-state index in [2.05, 4.69) is 5.32 Å². The number of nitrogens with one attached hydrogen (secondary N) is 1. The van der Waals surface area contributed by atoms with Crippen LogP contribution in [0.25, 0.3) is 0 Å². The van der Waals surface area contributed by atoms with E-state index in [9.17, 15) is 4.79 Å². The van der Waals surface area contributed by atoms with Crippen molar-refractivity contribution in [1.82, 2.24) is 5.32 Å². The maximum Gasteiger partial charge on any atom is 0.291 e. The van der Waals surface area contributed by atoms with E-state index in [1.807, 2.05) is 0 Å².